The van der Waals surface area contributed by atoms with Gasteiger partial charge in [0.15, 0.2) is 0 Å². The van der Waals surface area contributed by atoms with Crippen LogP contribution in [0.25, 0.3) is 0 Å². The van der Waals surface area contributed by atoms with Crippen molar-refractivity contribution in [3.05, 3.63) is 59.4 Å². The fourth-order valence-electron chi connectivity index (χ4n) is 2.20. The van der Waals surface area contributed by atoms with Gasteiger partial charge < -0.3 is 10.1 Å². The molecule has 0 saturated heterocycles. The summed E-state index contributed by atoms with van der Waals surface area (Å²) in [7, 11) is 0. The maximum absolute atomic E-state index is 5.93. The number of nitrogens with zero attached hydrogens (tertiary/aromatic N) is 1. The summed E-state index contributed by atoms with van der Waals surface area (Å²) in [5, 5.41) is 3.35. The van der Waals surface area contributed by atoms with Crippen LogP contribution in [0.2, 0.25) is 0 Å². The first-order valence-electron chi connectivity index (χ1n) is 7.51. The fraction of sp³-hybridized carbons (Fsp3) is 0.389. The summed E-state index contributed by atoms with van der Waals surface area (Å²) in [4.78, 5) is 4.28. The van der Waals surface area contributed by atoms with E-state index in [9.17, 15) is 0 Å². The van der Waals surface area contributed by atoms with E-state index in [0.717, 1.165) is 24.5 Å². The molecule has 1 N–H and O–H groups in total. The first kappa shape index (κ1) is 15.5. The predicted molar refractivity (Wildman–Crippen MR) is 86.7 cm³/mol. The van der Waals surface area contributed by atoms with Crippen molar-refractivity contribution < 1.29 is 4.74 Å². The molecule has 1 aromatic heterocycles. The highest BCUT2D eigenvalue weighted by Gasteiger charge is 2.07. The van der Waals surface area contributed by atoms with E-state index in [2.05, 4.69) is 49.3 Å². The minimum Gasteiger partial charge on any atom is -0.492 e. The number of nitrogens with one attached hydrogen (secondary N) is 1. The molecule has 21 heavy (non-hydrogen) atoms. The molecule has 3 heteroatoms. The standard InChI is InChI=1S/C18H24N2O/c1-14(2)17-8-7-15(3)12-18(17)21-11-10-19-13-16-6-4-5-9-20-16/h4-9,12,14,19H,10-11,13H2,1-3H3. The lowest BCUT2D eigenvalue weighted by molar-refractivity contribution is 0.309. The minimum absolute atomic E-state index is 0.474. The van der Waals surface area contributed by atoms with Gasteiger partial charge in [0.2, 0.25) is 0 Å². The summed E-state index contributed by atoms with van der Waals surface area (Å²) >= 11 is 0. The molecule has 0 radical (unpaired) electrons. The fourth-order valence-corrected chi connectivity index (χ4v) is 2.20. The number of hydrogen-bond acceptors (Lipinski definition) is 3. The molecule has 0 aliphatic heterocycles. The zero-order chi connectivity index (χ0) is 15.1. The molecule has 2 aromatic rings. The van der Waals surface area contributed by atoms with Gasteiger partial charge in [-0.1, -0.05) is 32.0 Å². The Morgan fingerprint density at radius 2 is 2.05 bits per heavy atom. The van der Waals surface area contributed by atoms with Crippen LogP contribution in [0.4, 0.5) is 0 Å². The van der Waals surface area contributed by atoms with Crippen LogP contribution in [0.15, 0.2) is 42.6 Å². The molecule has 112 valence electrons. The van der Waals surface area contributed by atoms with Crippen LogP contribution in [0.1, 0.15) is 36.6 Å². The molecule has 0 aliphatic carbocycles. The monoisotopic (exact) mass is 284 g/mol. The first-order valence-corrected chi connectivity index (χ1v) is 7.51. The highest BCUT2D eigenvalue weighted by atomic mass is 16.5. The summed E-state index contributed by atoms with van der Waals surface area (Å²) < 4.78 is 5.93. The smallest absolute Gasteiger partial charge is 0.123 e. The SMILES string of the molecule is Cc1ccc(C(C)C)c(OCCNCc2ccccn2)c1. The Kier molecular flexibility index (Phi) is 5.76. The van der Waals surface area contributed by atoms with E-state index < -0.39 is 0 Å². The summed E-state index contributed by atoms with van der Waals surface area (Å²) in [6.07, 6.45) is 1.81. The molecule has 0 unspecified atom stereocenters. The summed E-state index contributed by atoms with van der Waals surface area (Å²) in [5.74, 6) is 1.48. The minimum atomic E-state index is 0.474. The van der Waals surface area contributed by atoms with E-state index in [0.29, 0.717) is 12.5 Å². The van der Waals surface area contributed by atoms with Gasteiger partial charge in [-0.2, -0.15) is 0 Å². The number of hydrogen-bond donors (Lipinski definition) is 1. The Bertz CT molecular complexity index is 552. The van der Waals surface area contributed by atoms with Crippen molar-refractivity contribution in [2.75, 3.05) is 13.2 Å². The van der Waals surface area contributed by atoms with Crippen molar-refractivity contribution in [2.45, 2.75) is 33.2 Å². The van der Waals surface area contributed by atoms with Crippen LogP contribution in [-0.4, -0.2) is 18.1 Å². The lowest BCUT2D eigenvalue weighted by Gasteiger charge is -2.15. The zero-order valence-corrected chi connectivity index (χ0v) is 13.1. The molecule has 1 aromatic carbocycles. The Morgan fingerprint density at radius 1 is 1.19 bits per heavy atom. The number of ether oxygens (including phenoxy) is 1. The van der Waals surface area contributed by atoms with Crippen LogP contribution in [0, 0.1) is 6.92 Å². The van der Waals surface area contributed by atoms with Crippen molar-refractivity contribution in [1.82, 2.24) is 10.3 Å². The van der Waals surface area contributed by atoms with Gasteiger partial charge in [-0.3, -0.25) is 4.98 Å². The van der Waals surface area contributed by atoms with Crippen molar-refractivity contribution >= 4 is 0 Å². The maximum atomic E-state index is 5.93. The van der Waals surface area contributed by atoms with Crippen LogP contribution in [0.3, 0.4) is 0 Å². The molecule has 0 spiro atoms. The third-order valence-corrected chi connectivity index (χ3v) is 3.36. The zero-order valence-electron chi connectivity index (χ0n) is 13.1. The topological polar surface area (TPSA) is 34.1 Å². The average Bonchev–Trinajstić information content (AvgIpc) is 2.48. The van der Waals surface area contributed by atoms with Crippen molar-refractivity contribution in [2.24, 2.45) is 0 Å². The van der Waals surface area contributed by atoms with Crippen molar-refractivity contribution in [3.8, 4) is 5.75 Å². The maximum Gasteiger partial charge on any atom is 0.123 e. The van der Waals surface area contributed by atoms with E-state index in [1.54, 1.807) is 0 Å². The number of aryl methyl sites for hydroxylation is 1. The van der Waals surface area contributed by atoms with Gasteiger partial charge in [-0.15, -0.1) is 0 Å². The summed E-state index contributed by atoms with van der Waals surface area (Å²) in [5.41, 5.74) is 3.55. The Labute approximate surface area is 127 Å². The van der Waals surface area contributed by atoms with E-state index >= 15 is 0 Å². The molecule has 1 heterocycles. The van der Waals surface area contributed by atoms with E-state index in [1.165, 1.54) is 11.1 Å². The molecule has 2 rings (SSSR count). The van der Waals surface area contributed by atoms with Gasteiger partial charge in [-0.05, 0) is 42.2 Å². The highest BCUT2D eigenvalue weighted by Crippen LogP contribution is 2.27. The predicted octanol–water partition coefficient (Wildman–Crippen LogP) is 3.68. The Morgan fingerprint density at radius 3 is 2.76 bits per heavy atom. The lowest BCUT2D eigenvalue weighted by atomic mass is 10.0. The van der Waals surface area contributed by atoms with Gasteiger partial charge in [0.25, 0.3) is 0 Å². The van der Waals surface area contributed by atoms with Gasteiger partial charge in [0.1, 0.15) is 12.4 Å². The summed E-state index contributed by atoms with van der Waals surface area (Å²) in [6.45, 7) is 8.72. The normalized spacial score (nSPS) is 10.9. The molecule has 0 fully saturated rings. The molecule has 0 atom stereocenters. The van der Waals surface area contributed by atoms with E-state index in [1.807, 2.05) is 24.4 Å². The lowest BCUT2D eigenvalue weighted by Crippen LogP contribution is -2.21. The Hall–Kier alpha value is -1.87. The van der Waals surface area contributed by atoms with Crippen LogP contribution >= 0.6 is 0 Å². The molecule has 3 nitrogen and oxygen atoms in total. The molecular formula is C18H24N2O. The second-order valence-electron chi connectivity index (χ2n) is 5.54. The largest absolute Gasteiger partial charge is 0.492 e. The second-order valence-corrected chi connectivity index (χ2v) is 5.54. The molecule has 0 saturated carbocycles. The van der Waals surface area contributed by atoms with Gasteiger partial charge in [0, 0.05) is 19.3 Å². The molecule has 0 aliphatic rings. The number of benzene rings is 1. The second kappa shape index (κ2) is 7.79. The highest BCUT2D eigenvalue weighted by molar-refractivity contribution is 5.39. The van der Waals surface area contributed by atoms with Crippen LogP contribution in [0.5, 0.6) is 5.75 Å². The molecular weight excluding hydrogens is 260 g/mol. The van der Waals surface area contributed by atoms with Gasteiger partial charge in [-0.25, -0.2) is 0 Å². The van der Waals surface area contributed by atoms with E-state index in [4.69, 9.17) is 4.74 Å². The van der Waals surface area contributed by atoms with Crippen molar-refractivity contribution in [1.29, 1.82) is 0 Å². The third kappa shape index (κ3) is 4.87. The van der Waals surface area contributed by atoms with Crippen molar-refractivity contribution in [3.63, 3.8) is 0 Å². The quantitative estimate of drug-likeness (QED) is 0.788. The molecule has 0 amide bonds. The first-order chi connectivity index (χ1) is 10.2. The van der Waals surface area contributed by atoms with E-state index in [-0.39, 0.29) is 0 Å². The summed E-state index contributed by atoms with van der Waals surface area (Å²) in [6, 6.07) is 12.4. The number of pyridine rings is 1. The van der Waals surface area contributed by atoms with Crippen LogP contribution in [-0.2, 0) is 6.54 Å². The van der Waals surface area contributed by atoms with Gasteiger partial charge >= 0.3 is 0 Å². The Balaban J connectivity index is 1.79. The van der Waals surface area contributed by atoms with Gasteiger partial charge in [0.05, 0.1) is 5.69 Å². The molecule has 0 bridgehead atoms. The number of rotatable bonds is 7. The van der Waals surface area contributed by atoms with Crippen LogP contribution < -0.4 is 10.1 Å². The number of aromatic nitrogens is 1. The average molecular weight is 284 g/mol. The third-order valence-electron chi connectivity index (χ3n) is 3.36.